The van der Waals surface area contributed by atoms with E-state index < -0.39 is 0 Å². The molecule has 5 aliphatic carbocycles. The lowest BCUT2D eigenvalue weighted by molar-refractivity contribution is 0.136. The second-order valence-electron chi connectivity index (χ2n) is 8.84. The summed E-state index contributed by atoms with van der Waals surface area (Å²) in [6.45, 7) is 0. The van der Waals surface area contributed by atoms with Gasteiger partial charge < -0.3 is 0 Å². The molecule has 7 atom stereocenters. The maximum absolute atomic E-state index is 2.60. The monoisotopic (exact) mass is 270 g/mol. The molecule has 0 heteroatoms. The van der Waals surface area contributed by atoms with Crippen LogP contribution in [0.1, 0.15) is 64.2 Å². The molecule has 20 heavy (non-hydrogen) atoms. The predicted molar refractivity (Wildman–Crippen MR) is 83.2 cm³/mol. The molecule has 0 aromatic heterocycles. The second kappa shape index (κ2) is 4.62. The first-order valence-corrected chi connectivity index (χ1v) is 9.58. The first-order chi connectivity index (χ1) is 9.90. The van der Waals surface area contributed by atoms with Crippen LogP contribution in [-0.2, 0) is 0 Å². The maximum Gasteiger partial charge on any atom is -0.0194 e. The van der Waals surface area contributed by atoms with Crippen molar-refractivity contribution in [2.45, 2.75) is 64.2 Å². The van der Waals surface area contributed by atoms with Crippen molar-refractivity contribution in [3.05, 3.63) is 12.2 Å². The van der Waals surface area contributed by atoms with E-state index in [4.69, 9.17) is 0 Å². The summed E-state index contributed by atoms with van der Waals surface area (Å²) in [4.78, 5) is 0. The quantitative estimate of drug-likeness (QED) is 0.473. The zero-order chi connectivity index (χ0) is 13.1. The summed E-state index contributed by atoms with van der Waals surface area (Å²) in [6, 6.07) is 0. The van der Waals surface area contributed by atoms with E-state index in [9.17, 15) is 0 Å². The van der Waals surface area contributed by atoms with Gasteiger partial charge in [0, 0.05) is 0 Å². The van der Waals surface area contributed by atoms with E-state index in [1.807, 2.05) is 0 Å². The van der Waals surface area contributed by atoms with Crippen molar-refractivity contribution in [2.24, 2.45) is 47.3 Å². The van der Waals surface area contributed by atoms with Crippen LogP contribution in [0.25, 0.3) is 0 Å². The molecule has 0 amide bonds. The molecule has 0 spiro atoms. The summed E-state index contributed by atoms with van der Waals surface area (Å²) >= 11 is 0. The van der Waals surface area contributed by atoms with Gasteiger partial charge in [-0.05, 0) is 73.0 Å². The summed E-state index contributed by atoms with van der Waals surface area (Å²) in [5.74, 6) is 8.84. The Bertz CT molecular complexity index is 402. The van der Waals surface area contributed by atoms with E-state index in [1.54, 1.807) is 38.5 Å². The summed E-state index contributed by atoms with van der Waals surface area (Å²) in [5.41, 5.74) is 0. The maximum atomic E-state index is 2.60. The minimum absolute atomic E-state index is 1.01. The number of hydrogen-bond acceptors (Lipinski definition) is 0. The van der Waals surface area contributed by atoms with E-state index in [1.165, 1.54) is 25.7 Å². The summed E-state index contributed by atoms with van der Waals surface area (Å²) in [5, 5.41) is 0. The number of allylic oxidation sites excluding steroid dienone is 2. The van der Waals surface area contributed by atoms with Gasteiger partial charge in [-0.1, -0.05) is 50.7 Å². The van der Waals surface area contributed by atoms with Crippen molar-refractivity contribution in [3.8, 4) is 0 Å². The lowest BCUT2D eigenvalue weighted by Crippen LogP contribution is -2.31. The topological polar surface area (TPSA) is 0 Å². The van der Waals surface area contributed by atoms with Gasteiger partial charge in [0.25, 0.3) is 0 Å². The normalized spacial score (nSPS) is 52.9. The Kier molecular flexibility index (Phi) is 2.84. The number of rotatable bonds is 3. The molecule has 0 aliphatic heterocycles. The molecule has 110 valence electrons. The van der Waals surface area contributed by atoms with Gasteiger partial charge in [0.2, 0.25) is 0 Å². The molecular weight excluding hydrogens is 240 g/mol. The van der Waals surface area contributed by atoms with Crippen molar-refractivity contribution in [1.82, 2.24) is 0 Å². The van der Waals surface area contributed by atoms with Crippen LogP contribution in [0.2, 0.25) is 0 Å². The lowest BCUT2D eigenvalue weighted by Gasteiger charge is -2.37. The predicted octanol–water partition coefficient (Wildman–Crippen LogP) is 5.44. The molecular formula is C20H30. The van der Waals surface area contributed by atoms with Crippen molar-refractivity contribution in [1.29, 1.82) is 0 Å². The SMILES string of the molecule is C1=CC2CC1C1C3CC(CCC4CCCCC4)C(C3)C21. The zero-order valence-corrected chi connectivity index (χ0v) is 12.8. The van der Waals surface area contributed by atoms with Gasteiger partial charge in [-0.15, -0.1) is 0 Å². The molecule has 0 nitrogen and oxygen atoms in total. The highest BCUT2D eigenvalue weighted by molar-refractivity contribution is 5.20. The van der Waals surface area contributed by atoms with E-state index in [0.29, 0.717) is 0 Å². The van der Waals surface area contributed by atoms with Crippen LogP contribution in [0.4, 0.5) is 0 Å². The molecule has 0 saturated heterocycles. The first kappa shape index (κ1) is 12.3. The van der Waals surface area contributed by atoms with Crippen LogP contribution in [0, 0.1) is 47.3 Å². The average molecular weight is 270 g/mol. The fourth-order valence-corrected chi connectivity index (χ4v) is 7.41. The Labute approximate surface area is 124 Å². The van der Waals surface area contributed by atoms with Crippen LogP contribution >= 0.6 is 0 Å². The third-order valence-corrected chi connectivity index (χ3v) is 8.08. The van der Waals surface area contributed by atoms with E-state index in [-0.39, 0.29) is 0 Å². The van der Waals surface area contributed by atoms with Gasteiger partial charge in [0.1, 0.15) is 0 Å². The minimum Gasteiger partial charge on any atom is -0.0848 e. The van der Waals surface area contributed by atoms with E-state index in [0.717, 1.165) is 47.3 Å². The highest BCUT2D eigenvalue weighted by Crippen LogP contribution is 2.67. The van der Waals surface area contributed by atoms with E-state index in [2.05, 4.69) is 12.2 Å². The largest absolute Gasteiger partial charge is 0.0848 e. The molecule has 0 aromatic carbocycles. The standard InChI is InChI=1S/C20H30/c1-2-4-13(5-3-1)6-7-14-10-17-12-18(14)20-16-9-8-15(11-16)19(17)20/h8-9,13-20H,1-7,10-12H2. The van der Waals surface area contributed by atoms with Crippen molar-refractivity contribution in [3.63, 3.8) is 0 Å². The molecule has 4 bridgehead atoms. The van der Waals surface area contributed by atoms with E-state index >= 15 is 0 Å². The van der Waals surface area contributed by atoms with Crippen molar-refractivity contribution < 1.29 is 0 Å². The molecule has 5 rings (SSSR count). The third kappa shape index (κ3) is 1.72. The molecule has 0 N–H and O–H groups in total. The Balaban J connectivity index is 1.23. The molecule has 5 aliphatic rings. The van der Waals surface area contributed by atoms with Gasteiger partial charge in [-0.25, -0.2) is 0 Å². The number of hydrogen-bond donors (Lipinski definition) is 0. The van der Waals surface area contributed by atoms with Crippen LogP contribution in [-0.4, -0.2) is 0 Å². The Morgan fingerprint density at radius 1 is 0.750 bits per heavy atom. The van der Waals surface area contributed by atoms with Crippen molar-refractivity contribution >= 4 is 0 Å². The second-order valence-corrected chi connectivity index (χ2v) is 8.84. The molecule has 0 radical (unpaired) electrons. The summed E-state index contributed by atoms with van der Waals surface area (Å²) in [6.07, 6.45) is 20.8. The van der Waals surface area contributed by atoms with Crippen LogP contribution in [0.15, 0.2) is 12.2 Å². The summed E-state index contributed by atoms with van der Waals surface area (Å²) in [7, 11) is 0. The van der Waals surface area contributed by atoms with Gasteiger partial charge in [-0.2, -0.15) is 0 Å². The minimum atomic E-state index is 1.01. The van der Waals surface area contributed by atoms with Gasteiger partial charge in [-0.3, -0.25) is 0 Å². The molecule has 4 fully saturated rings. The molecule has 4 saturated carbocycles. The fourth-order valence-electron chi connectivity index (χ4n) is 7.41. The van der Waals surface area contributed by atoms with Gasteiger partial charge in [0.15, 0.2) is 0 Å². The third-order valence-electron chi connectivity index (χ3n) is 8.08. The van der Waals surface area contributed by atoms with Crippen LogP contribution < -0.4 is 0 Å². The van der Waals surface area contributed by atoms with Gasteiger partial charge >= 0.3 is 0 Å². The smallest absolute Gasteiger partial charge is 0.0194 e. The zero-order valence-electron chi connectivity index (χ0n) is 12.8. The summed E-state index contributed by atoms with van der Waals surface area (Å²) < 4.78 is 0. The molecule has 0 heterocycles. The Hall–Kier alpha value is -0.260. The first-order valence-electron chi connectivity index (χ1n) is 9.58. The Morgan fingerprint density at radius 2 is 1.55 bits per heavy atom. The highest BCUT2D eigenvalue weighted by atomic mass is 14.6. The lowest BCUT2D eigenvalue weighted by atomic mass is 9.68. The molecule has 7 unspecified atom stereocenters. The van der Waals surface area contributed by atoms with Gasteiger partial charge in [0.05, 0.1) is 0 Å². The number of fused-ring (bicyclic) bond motifs is 9. The highest BCUT2D eigenvalue weighted by Gasteiger charge is 2.60. The van der Waals surface area contributed by atoms with Crippen LogP contribution in [0.3, 0.4) is 0 Å². The molecule has 0 aromatic rings. The Morgan fingerprint density at radius 3 is 2.40 bits per heavy atom. The van der Waals surface area contributed by atoms with Crippen molar-refractivity contribution in [2.75, 3.05) is 0 Å². The fraction of sp³-hybridized carbons (Fsp3) is 0.900. The average Bonchev–Trinajstić information content (AvgIpc) is 3.24. The van der Waals surface area contributed by atoms with Crippen LogP contribution in [0.5, 0.6) is 0 Å².